The third kappa shape index (κ3) is 14.2. The normalized spacial score (nSPS) is 14.9. The van der Waals surface area contributed by atoms with E-state index in [-0.39, 0.29) is 48.8 Å². The Balaban J connectivity index is -0.000000157. The van der Waals surface area contributed by atoms with Crippen LogP contribution in [-0.4, -0.2) is 92.2 Å². The summed E-state index contributed by atoms with van der Waals surface area (Å²) in [5, 5.41) is 31.8. The second-order valence-corrected chi connectivity index (χ2v) is 8.27. The summed E-state index contributed by atoms with van der Waals surface area (Å²) in [5.41, 5.74) is -18.5. The fourth-order valence-corrected chi connectivity index (χ4v) is 0.643. The molecule has 0 fully saturated rings. The smallest absolute Gasteiger partial charge is 0.374 e. The molecule has 0 aliphatic rings. The number of aliphatic hydroxyl groups is 4. The third-order valence-corrected chi connectivity index (χ3v) is 4.42. The number of rotatable bonds is 0. The van der Waals surface area contributed by atoms with Crippen molar-refractivity contribution >= 4 is 0 Å². The van der Waals surface area contributed by atoms with E-state index in [1.807, 2.05) is 0 Å². The second kappa shape index (κ2) is 14.9. The average molecular weight is 824 g/mol. The fraction of sp³-hybridized carbons (Fsp3) is 1.00. The summed E-state index contributed by atoms with van der Waals surface area (Å²) in [6, 6.07) is 0. The van der Waals surface area contributed by atoms with E-state index in [4.69, 9.17) is 20.4 Å². The number of halogens is 24. The van der Waals surface area contributed by atoms with Crippen LogP contribution in [0.4, 0.5) is 105 Å². The molecule has 0 aliphatic heterocycles. The first kappa shape index (κ1) is 53.3. The molecule has 29 heteroatoms. The molecule has 0 aromatic heterocycles. The monoisotopic (exact) mass is 826 g/mol. The van der Waals surface area contributed by atoms with Crippen LogP contribution in [0.1, 0.15) is 27.7 Å². The molecule has 4 nitrogen and oxygen atoms in total. The van der Waals surface area contributed by atoms with Crippen molar-refractivity contribution in [2.24, 2.45) is 0 Å². The summed E-state index contributed by atoms with van der Waals surface area (Å²) >= 11 is 0. The van der Waals surface area contributed by atoms with Gasteiger partial charge in [-0.15, -0.1) is 0 Å². The predicted octanol–water partition coefficient (Wildman–Crippen LogP) is 7.45. The molecule has 0 unspecified atom stereocenters. The van der Waals surface area contributed by atoms with Crippen LogP contribution in [0.15, 0.2) is 0 Å². The van der Waals surface area contributed by atoms with Gasteiger partial charge in [0.2, 0.25) is 0 Å². The van der Waals surface area contributed by atoms with E-state index in [2.05, 4.69) is 0 Å². The van der Waals surface area contributed by atoms with E-state index in [1.165, 1.54) is 0 Å². The number of alkyl halides is 24. The topological polar surface area (TPSA) is 80.9 Å². The second-order valence-electron chi connectivity index (χ2n) is 8.27. The summed E-state index contributed by atoms with van der Waals surface area (Å²) in [6.07, 6.45) is -45.5. The number of hydrogen-bond donors (Lipinski definition) is 4. The quantitative estimate of drug-likeness (QED) is 0.151. The maximum Gasteiger partial charge on any atom is 0.425 e. The fourth-order valence-electron chi connectivity index (χ4n) is 0.643. The largest absolute Gasteiger partial charge is 0.425 e. The van der Waals surface area contributed by atoms with Crippen LogP contribution in [0.5, 0.6) is 0 Å². The Hall–Kier alpha value is -1.15. The van der Waals surface area contributed by atoms with E-state index >= 15 is 0 Å². The molecule has 0 aromatic carbocycles. The molecule has 0 radical (unpaired) electrons. The SMILES string of the molecule is CC(O)(C(F)(F)F)C(F)(F)F.CC(O)(C(F)(F)F)C(F)(F)F.CC(O)(C(F)(F)F)C(F)(F)F.CC(O)(C(F)(F)F)C(F)(F)F.[Mo]. The Kier molecular flexibility index (Phi) is 17.7. The molecule has 0 amide bonds. The third-order valence-electron chi connectivity index (χ3n) is 4.42. The first-order valence-electron chi connectivity index (χ1n) is 9.43. The van der Waals surface area contributed by atoms with Crippen LogP contribution in [0.3, 0.4) is 0 Å². The molecule has 0 saturated carbocycles. The van der Waals surface area contributed by atoms with E-state index in [1.54, 1.807) is 0 Å². The van der Waals surface area contributed by atoms with Gasteiger partial charge in [-0.05, 0) is 27.7 Å². The summed E-state index contributed by atoms with van der Waals surface area (Å²) in [6.45, 7) is -1.36. The maximum absolute atomic E-state index is 11.4. The first-order valence-corrected chi connectivity index (χ1v) is 9.43. The van der Waals surface area contributed by atoms with Crippen molar-refractivity contribution in [3.63, 3.8) is 0 Å². The van der Waals surface area contributed by atoms with Crippen LogP contribution in [0.25, 0.3) is 0 Å². The molecule has 278 valence electrons. The molecule has 4 N–H and O–H groups in total. The summed E-state index contributed by atoms with van der Waals surface area (Å²) in [5.74, 6) is 0. The molecule has 0 bridgehead atoms. The zero-order valence-electron chi connectivity index (χ0n) is 21.3. The molecule has 0 aromatic rings. The Labute approximate surface area is 247 Å². The van der Waals surface area contributed by atoms with Gasteiger partial charge in [0.05, 0.1) is 0 Å². The summed E-state index contributed by atoms with van der Waals surface area (Å²) < 4.78 is 273. The Bertz CT molecular complexity index is 653. The van der Waals surface area contributed by atoms with Crippen molar-refractivity contribution in [2.75, 3.05) is 0 Å². The van der Waals surface area contributed by atoms with Gasteiger partial charge in [-0.3, -0.25) is 0 Å². The van der Waals surface area contributed by atoms with Crippen LogP contribution in [0, 0.1) is 0 Å². The molecule has 0 heterocycles. The van der Waals surface area contributed by atoms with Gasteiger partial charge in [-0.25, -0.2) is 0 Å². The van der Waals surface area contributed by atoms with Crippen molar-refractivity contribution in [3.8, 4) is 0 Å². The molecule has 0 rings (SSSR count). The van der Waals surface area contributed by atoms with Gasteiger partial charge in [0.1, 0.15) is 0 Å². The standard InChI is InChI=1S/4C4H4F6O.Mo/c4*1-2(11,3(5,6)7)4(8,9)10;/h4*11H,1H3;. The molecule has 0 spiro atoms. The van der Waals surface area contributed by atoms with Crippen LogP contribution in [-0.2, 0) is 21.1 Å². The van der Waals surface area contributed by atoms with Gasteiger partial charge in [-0.1, -0.05) is 0 Å². The molecule has 0 atom stereocenters. The minimum atomic E-state index is -5.69. The van der Waals surface area contributed by atoms with E-state index in [0.717, 1.165) is 0 Å². The van der Waals surface area contributed by atoms with Gasteiger partial charge >= 0.3 is 49.4 Å². The zero-order chi connectivity index (χ0) is 38.0. The van der Waals surface area contributed by atoms with Crippen LogP contribution in [0.2, 0.25) is 0 Å². The summed E-state index contributed by atoms with van der Waals surface area (Å²) in [7, 11) is 0. The van der Waals surface area contributed by atoms with Crippen LogP contribution >= 0.6 is 0 Å². The number of hydrogen-bond acceptors (Lipinski definition) is 4. The van der Waals surface area contributed by atoms with E-state index < -0.39 is 71.8 Å². The van der Waals surface area contributed by atoms with Crippen molar-refractivity contribution < 1.29 is 147 Å². The zero-order valence-corrected chi connectivity index (χ0v) is 23.3. The van der Waals surface area contributed by atoms with Gasteiger partial charge in [0, 0.05) is 21.1 Å². The molecular weight excluding hydrogens is 808 g/mol. The van der Waals surface area contributed by atoms with E-state index in [9.17, 15) is 105 Å². The van der Waals surface area contributed by atoms with Crippen molar-refractivity contribution in [3.05, 3.63) is 0 Å². The van der Waals surface area contributed by atoms with Gasteiger partial charge < -0.3 is 20.4 Å². The van der Waals surface area contributed by atoms with Gasteiger partial charge in [0.15, 0.2) is 0 Å². The molecule has 0 aliphatic carbocycles. The Morgan fingerprint density at radius 3 is 0.267 bits per heavy atom. The Morgan fingerprint density at radius 1 is 0.222 bits per heavy atom. The van der Waals surface area contributed by atoms with Crippen LogP contribution < -0.4 is 0 Å². The molecular formula is C16H16F24MoO4. The minimum absolute atomic E-state index is 0. The molecule has 0 saturated heterocycles. The van der Waals surface area contributed by atoms with Crippen molar-refractivity contribution in [1.82, 2.24) is 0 Å². The van der Waals surface area contributed by atoms with Crippen molar-refractivity contribution in [1.29, 1.82) is 0 Å². The first-order chi connectivity index (χ1) is 18.0. The molecule has 45 heavy (non-hydrogen) atoms. The van der Waals surface area contributed by atoms with Gasteiger partial charge in [-0.2, -0.15) is 105 Å². The predicted molar refractivity (Wildman–Crippen MR) is 90.9 cm³/mol. The Morgan fingerprint density at radius 2 is 0.267 bits per heavy atom. The van der Waals surface area contributed by atoms with E-state index in [0.29, 0.717) is 0 Å². The average Bonchev–Trinajstić information content (AvgIpc) is 2.62. The maximum atomic E-state index is 11.4. The van der Waals surface area contributed by atoms with Crippen molar-refractivity contribution in [2.45, 2.75) is 99.5 Å². The minimum Gasteiger partial charge on any atom is -0.374 e. The van der Waals surface area contributed by atoms with Gasteiger partial charge in [0.25, 0.3) is 22.4 Å². The summed E-state index contributed by atoms with van der Waals surface area (Å²) in [4.78, 5) is 0.